The van der Waals surface area contributed by atoms with E-state index in [1.54, 1.807) is 0 Å². The molecule has 0 aliphatic heterocycles. The normalized spacial score (nSPS) is 34.8. The topological polar surface area (TPSA) is 63.4 Å². The first kappa shape index (κ1) is 9.24. The van der Waals surface area contributed by atoms with E-state index >= 15 is 0 Å². The lowest BCUT2D eigenvalue weighted by molar-refractivity contribution is -0.505. The van der Waals surface area contributed by atoms with E-state index in [9.17, 15) is 23.3 Å². The quantitative estimate of drug-likeness (QED) is 0.501. The smallest absolute Gasteiger partial charge is 0.396 e. The van der Waals surface area contributed by atoms with Crippen molar-refractivity contribution in [3.05, 3.63) is 10.1 Å². The molecule has 3 atom stereocenters. The molecule has 0 aromatic heterocycles. The fourth-order valence-corrected chi connectivity index (χ4v) is 1.30. The van der Waals surface area contributed by atoms with Gasteiger partial charge in [-0.25, -0.2) is 0 Å². The first-order chi connectivity index (χ1) is 5.39. The van der Waals surface area contributed by atoms with Crippen LogP contribution in [-0.2, 0) is 0 Å². The molecule has 0 aromatic rings. The van der Waals surface area contributed by atoms with E-state index in [0.717, 1.165) is 0 Å². The predicted molar refractivity (Wildman–Crippen MR) is 30.9 cm³/mol. The Kier molecular flexibility index (Phi) is 1.99. The molecule has 0 aromatic carbocycles. The van der Waals surface area contributed by atoms with Crippen LogP contribution >= 0.6 is 0 Å². The number of aliphatic hydroxyl groups is 1. The van der Waals surface area contributed by atoms with E-state index in [1.165, 1.54) is 0 Å². The van der Waals surface area contributed by atoms with Crippen LogP contribution in [0, 0.1) is 22.0 Å². The number of nitrogens with zero attached hydrogens (tertiary/aromatic N) is 1. The molecule has 1 N–H and O–H groups in total. The van der Waals surface area contributed by atoms with Gasteiger partial charge in [-0.3, -0.25) is 10.1 Å². The van der Waals surface area contributed by atoms with Crippen molar-refractivity contribution in [1.82, 2.24) is 0 Å². The third-order valence-electron chi connectivity index (χ3n) is 1.96. The number of nitro groups is 1. The Balaban J connectivity index is 2.65. The van der Waals surface area contributed by atoms with Gasteiger partial charge >= 0.3 is 6.18 Å². The molecular formula is C5H6F3NO3. The van der Waals surface area contributed by atoms with Crippen LogP contribution in [0.4, 0.5) is 13.2 Å². The van der Waals surface area contributed by atoms with E-state index in [1.807, 2.05) is 0 Å². The Morgan fingerprint density at radius 3 is 2.08 bits per heavy atom. The highest BCUT2D eigenvalue weighted by atomic mass is 19.4. The monoisotopic (exact) mass is 185 g/mol. The van der Waals surface area contributed by atoms with Gasteiger partial charge in [0, 0.05) is 4.92 Å². The number of halogens is 3. The lowest BCUT2D eigenvalue weighted by Gasteiger charge is -2.00. The van der Waals surface area contributed by atoms with E-state index in [0.29, 0.717) is 0 Å². The summed E-state index contributed by atoms with van der Waals surface area (Å²) < 4.78 is 35.6. The van der Waals surface area contributed by atoms with E-state index in [4.69, 9.17) is 5.11 Å². The fourth-order valence-electron chi connectivity index (χ4n) is 1.30. The fraction of sp³-hybridized carbons (Fsp3) is 1.00. The number of aliphatic hydroxyl groups excluding tert-OH is 1. The molecule has 1 aliphatic carbocycles. The van der Waals surface area contributed by atoms with Crippen molar-refractivity contribution in [2.75, 3.05) is 6.61 Å². The van der Waals surface area contributed by atoms with Gasteiger partial charge in [0.05, 0.1) is 12.5 Å². The summed E-state index contributed by atoms with van der Waals surface area (Å²) in [5, 5.41) is 18.3. The van der Waals surface area contributed by atoms with Gasteiger partial charge in [-0.2, -0.15) is 13.2 Å². The van der Waals surface area contributed by atoms with Crippen LogP contribution in [-0.4, -0.2) is 28.9 Å². The van der Waals surface area contributed by atoms with E-state index < -0.39 is 35.6 Å². The minimum Gasteiger partial charge on any atom is -0.396 e. The van der Waals surface area contributed by atoms with Gasteiger partial charge in [0.1, 0.15) is 5.92 Å². The van der Waals surface area contributed by atoms with Gasteiger partial charge in [-0.15, -0.1) is 0 Å². The average molecular weight is 185 g/mol. The SMILES string of the molecule is O=[N+]([O-])[C@H]1[C@@H](CO)[C@@H]1C(F)(F)F. The van der Waals surface area contributed by atoms with Crippen molar-refractivity contribution in [3.63, 3.8) is 0 Å². The maximum absolute atomic E-state index is 11.9. The highest BCUT2D eigenvalue weighted by Crippen LogP contribution is 2.51. The Morgan fingerprint density at radius 1 is 1.50 bits per heavy atom. The highest BCUT2D eigenvalue weighted by molar-refractivity contribution is 5.01. The molecule has 7 heteroatoms. The summed E-state index contributed by atoms with van der Waals surface area (Å²) in [6, 6.07) is -1.64. The van der Waals surface area contributed by atoms with Gasteiger partial charge in [-0.05, 0) is 0 Å². The second-order valence-corrected chi connectivity index (χ2v) is 2.69. The number of alkyl halides is 3. The molecule has 1 saturated carbocycles. The molecule has 0 radical (unpaired) electrons. The van der Waals surface area contributed by atoms with Crippen LogP contribution in [0.25, 0.3) is 0 Å². The maximum Gasteiger partial charge on any atom is 0.399 e. The van der Waals surface area contributed by atoms with Crippen LogP contribution in [0.15, 0.2) is 0 Å². The molecule has 0 bridgehead atoms. The van der Waals surface area contributed by atoms with Crippen LogP contribution < -0.4 is 0 Å². The Morgan fingerprint density at radius 2 is 2.00 bits per heavy atom. The molecule has 4 nitrogen and oxygen atoms in total. The minimum absolute atomic E-state index is 0.782. The number of hydrogen-bond acceptors (Lipinski definition) is 3. The molecule has 70 valence electrons. The number of rotatable bonds is 2. The molecule has 0 spiro atoms. The van der Waals surface area contributed by atoms with Crippen molar-refractivity contribution >= 4 is 0 Å². The second kappa shape index (κ2) is 2.58. The van der Waals surface area contributed by atoms with E-state index in [2.05, 4.69) is 0 Å². The first-order valence-electron chi connectivity index (χ1n) is 3.20. The van der Waals surface area contributed by atoms with Crippen molar-refractivity contribution < 1.29 is 23.2 Å². The molecule has 1 rings (SSSR count). The minimum atomic E-state index is -4.56. The lowest BCUT2D eigenvalue weighted by atomic mass is 10.3. The van der Waals surface area contributed by atoms with Crippen LogP contribution in [0.1, 0.15) is 0 Å². The summed E-state index contributed by atoms with van der Waals surface area (Å²) in [7, 11) is 0. The second-order valence-electron chi connectivity index (χ2n) is 2.69. The molecule has 12 heavy (non-hydrogen) atoms. The molecular weight excluding hydrogens is 179 g/mol. The zero-order valence-corrected chi connectivity index (χ0v) is 5.78. The summed E-state index contributed by atoms with van der Waals surface area (Å²) in [6.45, 7) is -0.782. The summed E-state index contributed by atoms with van der Waals surface area (Å²) in [4.78, 5) is 9.00. The molecule has 0 unspecified atom stereocenters. The molecule has 0 saturated heterocycles. The summed E-state index contributed by atoms with van der Waals surface area (Å²) >= 11 is 0. The zero-order valence-electron chi connectivity index (χ0n) is 5.78. The highest BCUT2D eigenvalue weighted by Gasteiger charge is 2.72. The first-order valence-corrected chi connectivity index (χ1v) is 3.20. The van der Waals surface area contributed by atoms with Crippen molar-refractivity contribution in [3.8, 4) is 0 Å². The van der Waals surface area contributed by atoms with Gasteiger partial charge in [0.2, 0.25) is 6.04 Å². The Hall–Kier alpha value is -0.850. The Bertz CT molecular complexity index is 205. The van der Waals surface area contributed by atoms with Crippen molar-refractivity contribution in [2.24, 2.45) is 11.8 Å². The third-order valence-corrected chi connectivity index (χ3v) is 1.96. The van der Waals surface area contributed by atoms with Gasteiger partial charge in [0.15, 0.2) is 0 Å². The maximum atomic E-state index is 11.9. The summed E-state index contributed by atoms with van der Waals surface area (Å²) in [5.74, 6) is -3.21. The van der Waals surface area contributed by atoms with Crippen molar-refractivity contribution in [2.45, 2.75) is 12.2 Å². The number of hydrogen-bond donors (Lipinski definition) is 1. The standard InChI is InChI=1S/C5H6F3NO3/c6-5(7,8)3-2(1-10)4(3)9(11)12/h2-4,10H,1H2/t2-,3-,4-/m0/s1. The lowest BCUT2D eigenvalue weighted by Crippen LogP contribution is -2.17. The van der Waals surface area contributed by atoms with E-state index in [-0.39, 0.29) is 0 Å². The molecule has 0 amide bonds. The molecule has 1 aliphatic rings. The summed E-state index contributed by atoms with van der Waals surface area (Å²) in [6.07, 6.45) is -4.56. The van der Waals surface area contributed by atoms with Crippen LogP contribution in [0.5, 0.6) is 0 Å². The molecule has 1 fully saturated rings. The van der Waals surface area contributed by atoms with Crippen LogP contribution in [0.3, 0.4) is 0 Å². The van der Waals surface area contributed by atoms with Gasteiger partial charge in [-0.1, -0.05) is 0 Å². The average Bonchev–Trinajstić information content (AvgIpc) is 2.58. The third kappa shape index (κ3) is 1.36. The summed E-state index contributed by atoms with van der Waals surface area (Å²) in [5.41, 5.74) is 0. The predicted octanol–water partition coefficient (Wildman–Crippen LogP) is 0.432. The van der Waals surface area contributed by atoms with Crippen molar-refractivity contribution in [1.29, 1.82) is 0 Å². The van der Waals surface area contributed by atoms with Gasteiger partial charge < -0.3 is 5.11 Å². The van der Waals surface area contributed by atoms with Crippen LogP contribution in [0.2, 0.25) is 0 Å². The molecule has 0 heterocycles. The zero-order chi connectivity index (χ0) is 9.52. The largest absolute Gasteiger partial charge is 0.399 e. The van der Waals surface area contributed by atoms with Gasteiger partial charge in [0.25, 0.3) is 0 Å². The Labute approximate surface area is 65.1 Å².